The minimum Gasteiger partial charge on any atom is -0.465 e. The Morgan fingerprint density at radius 3 is 2.45 bits per heavy atom. The normalized spacial score (nSPS) is 11.8. The molecule has 0 radical (unpaired) electrons. The van der Waals surface area contributed by atoms with Gasteiger partial charge in [0.15, 0.2) is 0 Å². The van der Waals surface area contributed by atoms with Crippen LogP contribution in [-0.4, -0.2) is 13.1 Å². The van der Waals surface area contributed by atoms with E-state index in [9.17, 15) is 4.79 Å². The van der Waals surface area contributed by atoms with Crippen LogP contribution in [0, 0.1) is 6.92 Å². The maximum atomic E-state index is 11.7. The van der Waals surface area contributed by atoms with Crippen molar-refractivity contribution in [2.24, 2.45) is 0 Å². The van der Waals surface area contributed by atoms with E-state index in [0.717, 1.165) is 11.3 Å². The minimum atomic E-state index is -0.307. The van der Waals surface area contributed by atoms with Crippen molar-refractivity contribution < 1.29 is 9.53 Å². The van der Waals surface area contributed by atoms with Crippen LogP contribution in [0.4, 0.5) is 5.69 Å². The zero-order valence-electron chi connectivity index (χ0n) is 12.0. The highest BCUT2D eigenvalue weighted by molar-refractivity contribution is 5.92. The second kappa shape index (κ2) is 6.24. The lowest BCUT2D eigenvalue weighted by molar-refractivity contribution is 0.0600. The highest BCUT2D eigenvalue weighted by atomic mass is 16.5. The summed E-state index contributed by atoms with van der Waals surface area (Å²) in [7, 11) is 1.40. The van der Waals surface area contributed by atoms with Gasteiger partial charge in [-0.1, -0.05) is 36.4 Å². The number of hydrogen-bond donors (Lipinski definition) is 1. The SMILES string of the molecule is COC(=O)c1cccc(NC(C)c2ccccc2)c1C. The van der Waals surface area contributed by atoms with E-state index >= 15 is 0 Å². The average Bonchev–Trinajstić information content (AvgIpc) is 2.49. The summed E-state index contributed by atoms with van der Waals surface area (Å²) >= 11 is 0. The maximum absolute atomic E-state index is 11.7. The molecule has 104 valence electrons. The molecule has 1 N–H and O–H groups in total. The highest BCUT2D eigenvalue weighted by Crippen LogP contribution is 2.24. The lowest BCUT2D eigenvalue weighted by atomic mass is 10.0. The predicted octanol–water partition coefficient (Wildman–Crippen LogP) is 3.95. The van der Waals surface area contributed by atoms with Crippen LogP contribution in [0.3, 0.4) is 0 Å². The van der Waals surface area contributed by atoms with Crippen LogP contribution in [0.1, 0.15) is 34.5 Å². The van der Waals surface area contributed by atoms with Crippen molar-refractivity contribution in [2.45, 2.75) is 19.9 Å². The van der Waals surface area contributed by atoms with Gasteiger partial charge in [0.25, 0.3) is 0 Å². The van der Waals surface area contributed by atoms with Crippen LogP contribution in [0.15, 0.2) is 48.5 Å². The largest absolute Gasteiger partial charge is 0.465 e. The summed E-state index contributed by atoms with van der Waals surface area (Å²) in [6.45, 7) is 4.02. The van der Waals surface area contributed by atoms with Crippen LogP contribution in [0.25, 0.3) is 0 Å². The van der Waals surface area contributed by atoms with Gasteiger partial charge in [0.05, 0.1) is 12.7 Å². The number of methoxy groups -OCH3 is 1. The van der Waals surface area contributed by atoms with Gasteiger partial charge >= 0.3 is 5.97 Å². The molecule has 0 spiro atoms. The first kappa shape index (κ1) is 14.1. The molecule has 2 rings (SSSR count). The smallest absolute Gasteiger partial charge is 0.338 e. The lowest BCUT2D eigenvalue weighted by Gasteiger charge is -2.18. The number of benzene rings is 2. The van der Waals surface area contributed by atoms with Crippen molar-refractivity contribution in [3.8, 4) is 0 Å². The second-order valence-electron chi connectivity index (χ2n) is 4.75. The molecule has 0 aromatic heterocycles. The summed E-state index contributed by atoms with van der Waals surface area (Å²) in [5.74, 6) is -0.307. The number of esters is 1. The molecule has 20 heavy (non-hydrogen) atoms. The maximum Gasteiger partial charge on any atom is 0.338 e. The molecule has 0 amide bonds. The monoisotopic (exact) mass is 269 g/mol. The molecule has 3 heteroatoms. The van der Waals surface area contributed by atoms with Crippen molar-refractivity contribution in [2.75, 3.05) is 12.4 Å². The van der Waals surface area contributed by atoms with Gasteiger partial charge in [0.1, 0.15) is 0 Å². The van der Waals surface area contributed by atoms with E-state index in [-0.39, 0.29) is 12.0 Å². The summed E-state index contributed by atoms with van der Waals surface area (Å²) in [6.07, 6.45) is 0. The Morgan fingerprint density at radius 1 is 1.10 bits per heavy atom. The lowest BCUT2D eigenvalue weighted by Crippen LogP contribution is -2.10. The van der Waals surface area contributed by atoms with Gasteiger partial charge < -0.3 is 10.1 Å². The topological polar surface area (TPSA) is 38.3 Å². The van der Waals surface area contributed by atoms with E-state index in [2.05, 4.69) is 24.4 Å². The molecular formula is C17H19NO2. The Bertz CT molecular complexity index is 593. The third-order valence-electron chi connectivity index (χ3n) is 3.41. The Balaban J connectivity index is 2.24. The summed E-state index contributed by atoms with van der Waals surface area (Å²) in [5.41, 5.74) is 3.65. The quantitative estimate of drug-likeness (QED) is 0.854. The van der Waals surface area contributed by atoms with Crippen LogP contribution in [-0.2, 0) is 4.74 Å². The summed E-state index contributed by atoms with van der Waals surface area (Å²) in [5, 5.41) is 3.44. The van der Waals surface area contributed by atoms with E-state index < -0.39 is 0 Å². The molecule has 0 heterocycles. The van der Waals surface area contributed by atoms with E-state index in [0.29, 0.717) is 5.56 Å². The highest BCUT2D eigenvalue weighted by Gasteiger charge is 2.13. The molecule has 1 unspecified atom stereocenters. The molecule has 0 aliphatic heterocycles. The fraction of sp³-hybridized carbons (Fsp3) is 0.235. The van der Waals surface area contributed by atoms with Gasteiger partial charge in [0, 0.05) is 11.7 Å². The van der Waals surface area contributed by atoms with Gasteiger partial charge in [-0.3, -0.25) is 0 Å². The van der Waals surface area contributed by atoms with E-state index in [1.807, 2.05) is 37.3 Å². The van der Waals surface area contributed by atoms with Gasteiger partial charge in [-0.15, -0.1) is 0 Å². The first-order valence-corrected chi connectivity index (χ1v) is 6.63. The molecule has 2 aromatic carbocycles. The molecule has 0 aliphatic carbocycles. The van der Waals surface area contributed by atoms with E-state index in [1.165, 1.54) is 12.7 Å². The number of hydrogen-bond acceptors (Lipinski definition) is 3. The van der Waals surface area contributed by atoms with Crippen molar-refractivity contribution in [3.63, 3.8) is 0 Å². The number of nitrogens with one attached hydrogen (secondary N) is 1. The number of carbonyl (C=O) groups is 1. The third kappa shape index (κ3) is 2.99. The standard InChI is InChI=1S/C17H19NO2/c1-12-15(17(19)20-3)10-7-11-16(12)18-13(2)14-8-5-4-6-9-14/h4-11,13,18H,1-3H3. The van der Waals surface area contributed by atoms with Crippen molar-refractivity contribution >= 4 is 11.7 Å². The fourth-order valence-electron chi connectivity index (χ4n) is 2.18. The second-order valence-corrected chi connectivity index (χ2v) is 4.75. The Labute approximate surface area is 119 Å². The molecule has 0 fully saturated rings. The van der Waals surface area contributed by atoms with Crippen LogP contribution in [0.2, 0.25) is 0 Å². The van der Waals surface area contributed by atoms with Crippen molar-refractivity contribution in [1.29, 1.82) is 0 Å². The summed E-state index contributed by atoms with van der Waals surface area (Å²) in [6, 6.07) is 16.0. The molecule has 0 saturated heterocycles. The summed E-state index contributed by atoms with van der Waals surface area (Å²) < 4.78 is 4.79. The first-order chi connectivity index (χ1) is 9.63. The Kier molecular flexibility index (Phi) is 4.41. The van der Waals surface area contributed by atoms with Crippen LogP contribution in [0.5, 0.6) is 0 Å². The number of anilines is 1. The number of rotatable bonds is 4. The van der Waals surface area contributed by atoms with Gasteiger partial charge in [0.2, 0.25) is 0 Å². The van der Waals surface area contributed by atoms with Crippen molar-refractivity contribution in [1.82, 2.24) is 0 Å². The van der Waals surface area contributed by atoms with Gasteiger partial charge in [-0.05, 0) is 37.1 Å². The molecule has 0 saturated carbocycles. The third-order valence-corrected chi connectivity index (χ3v) is 3.41. The van der Waals surface area contributed by atoms with Crippen LogP contribution >= 0.6 is 0 Å². The molecule has 0 aliphatic rings. The predicted molar refractivity (Wildman–Crippen MR) is 81.0 cm³/mol. The Morgan fingerprint density at radius 2 is 1.80 bits per heavy atom. The zero-order chi connectivity index (χ0) is 14.5. The summed E-state index contributed by atoms with van der Waals surface area (Å²) in [4.78, 5) is 11.7. The van der Waals surface area contributed by atoms with E-state index in [4.69, 9.17) is 4.74 Å². The number of carbonyl (C=O) groups excluding carboxylic acids is 1. The van der Waals surface area contributed by atoms with Gasteiger partial charge in [-0.25, -0.2) is 4.79 Å². The van der Waals surface area contributed by atoms with E-state index in [1.54, 1.807) is 6.07 Å². The average molecular weight is 269 g/mol. The molecular weight excluding hydrogens is 250 g/mol. The molecule has 2 aromatic rings. The molecule has 1 atom stereocenters. The Hall–Kier alpha value is -2.29. The van der Waals surface area contributed by atoms with Gasteiger partial charge in [-0.2, -0.15) is 0 Å². The van der Waals surface area contributed by atoms with Crippen molar-refractivity contribution in [3.05, 3.63) is 65.2 Å². The molecule has 0 bridgehead atoms. The molecule has 3 nitrogen and oxygen atoms in total. The van der Waals surface area contributed by atoms with Crippen LogP contribution < -0.4 is 5.32 Å². The first-order valence-electron chi connectivity index (χ1n) is 6.63. The zero-order valence-corrected chi connectivity index (χ0v) is 12.0. The number of ether oxygens (including phenoxy) is 1. The fourth-order valence-corrected chi connectivity index (χ4v) is 2.18. The minimum absolute atomic E-state index is 0.169.